The number of piperazine rings is 1. The number of aromatic nitrogens is 4. The molecule has 1 aliphatic rings. The molecular formula is C9H11BrN6. The van der Waals surface area contributed by atoms with Crippen molar-refractivity contribution in [3.05, 3.63) is 11.1 Å². The first-order chi connectivity index (χ1) is 7.84. The first-order valence-electron chi connectivity index (χ1n) is 5.16. The third-order valence-corrected chi connectivity index (χ3v) is 3.03. The number of anilines is 1. The molecule has 2 N–H and O–H groups in total. The zero-order valence-electron chi connectivity index (χ0n) is 8.57. The fourth-order valence-corrected chi connectivity index (χ4v) is 2.27. The van der Waals surface area contributed by atoms with Crippen molar-refractivity contribution in [2.24, 2.45) is 0 Å². The third kappa shape index (κ3) is 1.65. The van der Waals surface area contributed by atoms with Gasteiger partial charge in [-0.25, -0.2) is 15.0 Å². The van der Waals surface area contributed by atoms with Crippen LogP contribution >= 0.6 is 15.9 Å². The minimum absolute atomic E-state index is 0.694. The fraction of sp³-hybridized carbons (Fsp3) is 0.444. The molecule has 6 nitrogen and oxygen atoms in total. The first kappa shape index (κ1) is 9.98. The Morgan fingerprint density at radius 1 is 1.25 bits per heavy atom. The summed E-state index contributed by atoms with van der Waals surface area (Å²) in [7, 11) is 0. The number of fused-ring (bicyclic) bond motifs is 1. The van der Waals surface area contributed by atoms with Gasteiger partial charge >= 0.3 is 0 Å². The summed E-state index contributed by atoms with van der Waals surface area (Å²) >= 11 is 3.32. The van der Waals surface area contributed by atoms with E-state index in [-0.39, 0.29) is 0 Å². The lowest BCUT2D eigenvalue weighted by Crippen LogP contribution is -2.44. The normalized spacial score (nSPS) is 16.9. The van der Waals surface area contributed by atoms with Crippen LogP contribution in [0.3, 0.4) is 0 Å². The molecule has 1 saturated heterocycles. The van der Waals surface area contributed by atoms with Gasteiger partial charge < -0.3 is 15.2 Å². The number of hydrogen-bond donors (Lipinski definition) is 2. The monoisotopic (exact) mass is 282 g/mol. The maximum absolute atomic E-state index is 4.34. The summed E-state index contributed by atoms with van der Waals surface area (Å²) in [5, 5.41) is 3.32. The second-order valence-corrected chi connectivity index (χ2v) is 4.41. The number of rotatable bonds is 1. The molecule has 2 aromatic rings. The molecule has 16 heavy (non-hydrogen) atoms. The van der Waals surface area contributed by atoms with Crippen molar-refractivity contribution >= 4 is 32.9 Å². The molecule has 0 amide bonds. The Labute approximate surface area is 101 Å². The van der Waals surface area contributed by atoms with Gasteiger partial charge in [0, 0.05) is 26.2 Å². The van der Waals surface area contributed by atoms with Crippen LogP contribution in [0.4, 0.5) is 5.82 Å². The maximum Gasteiger partial charge on any atom is 0.183 e. The fourth-order valence-electron chi connectivity index (χ4n) is 1.90. The predicted octanol–water partition coefficient (Wildman–Crippen LogP) is 0.525. The lowest BCUT2D eigenvalue weighted by molar-refractivity contribution is 0.586. The van der Waals surface area contributed by atoms with Crippen LogP contribution in [0.25, 0.3) is 11.2 Å². The van der Waals surface area contributed by atoms with Crippen molar-refractivity contribution in [2.75, 3.05) is 31.1 Å². The van der Waals surface area contributed by atoms with Crippen molar-refractivity contribution in [1.29, 1.82) is 0 Å². The van der Waals surface area contributed by atoms with Gasteiger partial charge in [-0.2, -0.15) is 0 Å². The van der Waals surface area contributed by atoms with Gasteiger partial charge in [0.1, 0.15) is 11.8 Å². The molecule has 84 valence electrons. The van der Waals surface area contributed by atoms with Gasteiger partial charge in [-0.05, 0) is 15.9 Å². The van der Waals surface area contributed by atoms with Gasteiger partial charge in [-0.15, -0.1) is 0 Å². The summed E-state index contributed by atoms with van der Waals surface area (Å²) in [5.41, 5.74) is 1.60. The Morgan fingerprint density at radius 2 is 2.06 bits per heavy atom. The van der Waals surface area contributed by atoms with Crippen LogP contribution in [0.2, 0.25) is 0 Å². The molecule has 3 rings (SSSR count). The van der Waals surface area contributed by atoms with E-state index >= 15 is 0 Å². The van der Waals surface area contributed by atoms with E-state index in [4.69, 9.17) is 0 Å². The van der Waals surface area contributed by atoms with E-state index in [1.165, 1.54) is 0 Å². The van der Waals surface area contributed by atoms with Gasteiger partial charge in [-0.1, -0.05) is 0 Å². The van der Waals surface area contributed by atoms with E-state index in [0.29, 0.717) is 10.4 Å². The van der Waals surface area contributed by atoms with Crippen LogP contribution in [0.5, 0.6) is 0 Å². The van der Waals surface area contributed by atoms with Crippen LogP contribution in [-0.2, 0) is 0 Å². The summed E-state index contributed by atoms with van der Waals surface area (Å²) < 4.78 is 0.694. The average Bonchev–Trinajstić information content (AvgIpc) is 2.70. The van der Waals surface area contributed by atoms with Crippen LogP contribution in [0, 0.1) is 0 Å². The minimum atomic E-state index is 0.694. The van der Waals surface area contributed by atoms with Crippen molar-refractivity contribution < 1.29 is 0 Å². The molecule has 3 heterocycles. The quantitative estimate of drug-likeness (QED) is 0.747. The third-order valence-electron chi connectivity index (χ3n) is 2.66. The van der Waals surface area contributed by atoms with E-state index in [2.05, 4.69) is 46.1 Å². The Morgan fingerprint density at radius 3 is 2.88 bits per heavy atom. The summed E-state index contributed by atoms with van der Waals surface area (Å²) in [4.78, 5) is 18.1. The van der Waals surface area contributed by atoms with Crippen molar-refractivity contribution in [1.82, 2.24) is 25.3 Å². The SMILES string of the molecule is Brc1nc2ncnc(N3CCNCC3)c2[nH]1. The molecule has 0 aliphatic carbocycles. The highest BCUT2D eigenvalue weighted by Gasteiger charge is 2.16. The highest BCUT2D eigenvalue weighted by molar-refractivity contribution is 9.10. The van der Waals surface area contributed by atoms with Crippen molar-refractivity contribution in [3.8, 4) is 0 Å². The molecule has 0 atom stereocenters. The molecule has 0 aromatic carbocycles. The lowest BCUT2D eigenvalue weighted by atomic mass is 10.3. The highest BCUT2D eigenvalue weighted by Crippen LogP contribution is 2.22. The van der Waals surface area contributed by atoms with Gasteiger partial charge in [0.25, 0.3) is 0 Å². The lowest BCUT2D eigenvalue weighted by Gasteiger charge is -2.28. The van der Waals surface area contributed by atoms with Crippen LogP contribution in [0.1, 0.15) is 0 Å². The molecule has 1 aliphatic heterocycles. The summed E-state index contributed by atoms with van der Waals surface area (Å²) in [5.74, 6) is 0.935. The Hall–Kier alpha value is -1.21. The van der Waals surface area contributed by atoms with Gasteiger partial charge in [0.15, 0.2) is 16.2 Å². The first-order valence-corrected chi connectivity index (χ1v) is 5.96. The van der Waals surface area contributed by atoms with Crippen LogP contribution in [-0.4, -0.2) is 46.1 Å². The smallest absolute Gasteiger partial charge is 0.183 e. The number of aromatic amines is 1. The molecular weight excluding hydrogens is 272 g/mol. The van der Waals surface area contributed by atoms with Crippen molar-refractivity contribution in [2.45, 2.75) is 0 Å². The number of nitrogens with zero attached hydrogens (tertiary/aromatic N) is 4. The molecule has 0 spiro atoms. The largest absolute Gasteiger partial charge is 0.352 e. The molecule has 1 fully saturated rings. The van der Waals surface area contributed by atoms with E-state index < -0.39 is 0 Å². The van der Waals surface area contributed by atoms with E-state index in [1.807, 2.05) is 0 Å². The van der Waals surface area contributed by atoms with Gasteiger partial charge in [0.05, 0.1) is 0 Å². The van der Waals surface area contributed by atoms with Gasteiger partial charge in [0.2, 0.25) is 0 Å². The maximum atomic E-state index is 4.34. The predicted molar refractivity (Wildman–Crippen MR) is 64.5 cm³/mol. The number of nitrogens with one attached hydrogen (secondary N) is 2. The average molecular weight is 283 g/mol. The summed E-state index contributed by atoms with van der Waals surface area (Å²) in [6, 6.07) is 0. The number of imidazole rings is 1. The van der Waals surface area contributed by atoms with Crippen LogP contribution in [0.15, 0.2) is 11.1 Å². The Bertz CT molecular complexity index is 504. The zero-order chi connectivity index (χ0) is 11.0. The minimum Gasteiger partial charge on any atom is -0.352 e. The zero-order valence-corrected chi connectivity index (χ0v) is 10.2. The molecule has 0 saturated carbocycles. The number of halogens is 1. The Kier molecular flexibility index (Phi) is 2.49. The second-order valence-electron chi connectivity index (χ2n) is 3.66. The summed E-state index contributed by atoms with van der Waals surface area (Å²) in [6.45, 7) is 3.90. The van der Waals surface area contributed by atoms with E-state index in [9.17, 15) is 0 Å². The number of hydrogen-bond acceptors (Lipinski definition) is 5. The van der Waals surface area contributed by atoms with E-state index in [1.54, 1.807) is 6.33 Å². The van der Waals surface area contributed by atoms with Gasteiger partial charge in [-0.3, -0.25) is 0 Å². The second kappa shape index (κ2) is 3.99. The van der Waals surface area contributed by atoms with Crippen LogP contribution < -0.4 is 10.2 Å². The molecule has 2 aromatic heterocycles. The van der Waals surface area contributed by atoms with E-state index in [0.717, 1.165) is 37.5 Å². The number of H-pyrrole nitrogens is 1. The highest BCUT2D eigenvalue weighted by atomic mass is 79.9. The van der Waals surface area contributed by atoms with Crippen molar-refractivity contribution in [3.63, 3.8) is 0 Å². The Balaban J connectivity index is 2.07. The molecule has 0 radical (unpaired) electrons. The molecule has 0 unspecified atom stereocenters. The molecule has 7 heteroatoms. The topological polar surface area (TPSA) is 69.7 Å². The summed E-state index contributed by atoms with van der Waals surface area (Å²) in [6.07, 6.45) is 1.56. The molecule has 0 bridgehead atoms. The standard InChI is InChI=1S/C9H11BrN6/c10-9-14-6-7(15-9)12-5-13-8(6)16-3-1-11-2-4-16/h5,11H,1-4H2,(H,12,13,14,15).